The maximum atomic E-state index is 12.7. The first-order valence-electron chi connectivity index (χ1n) is 12.2. The molecule has 8 nitrogen and oxygen atoms in total. The normalized spacial score (nSPS) is 22.2. The quantitative estimate of drug-likeness (QED) is 0.279. The van der Waals surface area contributed by atoms with E-state index in [2.05, 4.69) is 10.6 Å². The van der Waals surface area contributed by atoms with Crippen LogP contribution in [0.3, 0.4) is 0 Å². The molecule has 0 heterocycles. The summed E-state index contributed by atoms with van der Waals surface area (Å²) >= 11 is 6.19. The topological polar surface area (TPSA) is 125 Å². The Balaban J connectivity index is 1.70. The lowest BCUT2D eigenvalue weighted by atomic mass is 9.65. The molecule has 1 aliphatic carbocycles. The highest BCUT2D eigenvalue weighted by Gasteiger charge is 2.58. The van der Waals surface area contributed by atoms with E-state index in [-0.39, 0.29) is 18.2 Å². The van der Waals surface area contributed by atoms with Gasteiger partial charge in [-0.3, -0.25) is 19.7 Å². The third-order valence-electron chi connectivity index (χ3n) is 8.12. The van der Waals surface area contributed by atoms with Gasteiger partial charge in [-0.1, -0.05) is 49.7 Å². The molecule has 0 radical (unpaired) electrons. The molecule has 1 fully saturated rings. The second-order valence-electron chi connectivity index (χ2n) is 10.5. The fourth-order valence-corrected chi connectivity index (χ4v) is 5.53. The molecule has 1 unspecified atom stereocenters. The molecular formula is C28H35ClN2O6. The van der Waals surface area contributed by atoms with Gasteiger partial charge in [-0.15, -0.1) is 0 Å². The van der Waals surface area contributed by atoms with Gasteiger partial charge in [0.2, 0.25) is 0 Å². The number of carboxylic acid groups (broad SMARTS) is 1. The van der Waals surface area contributed by atoms with Crippen LogP contribution in [0.2, 0.25) is 5.02 Å². The second kappa shape index (κ2) is 11.2. The van der Waals surface area contributed by atoms with Crippen LogP contribution in [0.5, 0.6) is 0 Å². The van der Waals surface area contributed by atoms with Crippen molar-refractivity contribution in [3.05, 3.63) is 64.2 Å². The number of esters is 1. The average molecular weight is 531 g/mol. The SMILES string of the molecule is COC(=O)[C@H](Cc1ccc(NC(=O)c2c(C)cccc2Cl)cc1)NC(O)[C@H]1CC[C@@](C)(C(=O)O)C1(C)C. The molecule has 2 aromatic carbocycles. The lowest BCUT2D eigenvalue weighted by molar-refractivity contribution is -0.156. The number of aliphatic hydroxyl groups is 1. The number of nitrogens with one attached hydrogen (secondary N) is 2. The molecule has 0 spiro atoms. The van der Waals surface area contributed by atoms with E-state index in [9.17, 15) is 24.6 Å². The van der Waals surface area contributed by atoms with Crippen LogP contribution < -0.4 is 10.6 Å². The second-order valence-corrected chi connectivity index (χ2v) is 10.9. The molecule has 1 saturated carbocycles. The van der Waals surface area contributed by atoms with Gasteiger partial charge in [0.05, 0.1) is 23.1 Å². The summed E-state index contributed by atoms with van der Waals surface area (Å²) in [5.41, 5.74) is 0.835. The summed E-state index contributed by atoms with van der Waals surface area (Å²) < 4.78 is 4.95. The first-order chi connectivity index (χ1) is 17.3. The number of benzene rings is 2. The molecule has 0 aromatic heterocycles. The van der Waals surface area contributed by atoms with Gasteiger partial charge in [0.1, 0.15) is 12.3 Å². The lowest BCUT2D eigenvalue weighted by Gasteiger charge is -2.40. The van der Waals surface area contributed by atoms with Crippen LogP contribution in [0.4, 0.5) is 5.69 Å². The monoisotopic (exact) mass is 530 g/mol. The van der Waals surface area contributed by atoms with Crippen LogP contribution in [0.1, 0.15) is 55.1 Å². The number of ether oxygens (including phenoxy) is 1. The minimum atomic E-state index is -1.10. The highest BCUT2D eigenvalue weighted by Crippen LogP contribution is 2.56. The van der Waals surface area contributed by atoms with Gasteiger partial charge in [-0.2, -0.15) is 0 Å². The number of hydrogen-bond donors (Lipinski definition) is 4. The molecule has 0 saturated heterocycles. The van der Waals surface area contributed by atoms with Crippen molar-refractivity contribution >= 4 is 35.1 Å². The smallest absolute Gasteiger partial charge is 0.323 e. The van der Waals surface area contributed by atoms with Crippen molar-refractivity contribution in [2.45, 2.75) is 59.2 Å². The van der Waals surface area contributed by atoms with Crippen molar-refractivity contribution in [1.82, 2.24) is 5.32 Å². The number of aryl methyl sites for hydroxylation is 1. The molecule has 9 heteroatoms. The average Bonchev–Trinajstić information content (AvgIpc) is 3.08. The van der Waals surface area contributed by atoms with Crippen molar-refractivity contribution in [3.8, 4) is 0 Å². The Kier molecular flexibility index (Phi) is 8.67. The summed E-state index contributed by atoms with van der Waals surface area (Å²) in [6.45, 7) is 7.20. The number of amides is 1. The lowest BCUT2D eigenvalue weighted by Crippen LogP contribution is -2.52. The molecule has 1 amide bonds. The van der Waals surface area contributed by atoms with Crippen LogP contribution in [0.25, 0.3) is 0 Å². The standard InChI is InChI=1S/C28H35ClN2O6/c1-16-7-6-8-20(29)22(16)24(33)30-18-11-9-17(10-12-18)15-21(25(34)37-5)31-23(32)19-13-14-28(4,26(35)36)27(19,2)3/h6-12,19,21,23,31-32H,13-15H2,1-5H3,(H,30,33)(H,35,36)/t19-,21+,23?,28+/m1/s1. The first-order valence-corrected chi connectivity index (χ1v) is 12.6. The Bertz CT molecular complexity index is 1150. The van der Waals surface area contributed by atoms with Gasteiger partial charge in [-0.05, 0) is 67.9 Å². The molecule has 3 rings (SSSR count). The van der Waals surface area contributed by atoms with Gasteiger partial charge in [-0.25, -0.2) is 0 Å². The van der Waals surface area contributed by atoms with Crippen LogP contribution in [0.15, 0.2) is 42.5 Å². The summed E-state index contributed by atoms with van der Waals surface area (Å²) in [7, 11) is 1.28. The Morgan fingerprint density at radius 3 is 2.32 bits per heavy atom. The Hall–Kier alpha value is -2.94. The summed E-state index contributed by atoms with van der Waals surface area (Å²) in [4.78, 5) is 37.2. The number of aliphatic hydroxyl groups excluding tert-OH is 1. The molecule has 0 bridgehead atoms. The third-order valence-corrected chi connectivity index (χ3v) is 8.43. The summed E-state index contributed by atoms with van der Waals surface area (Å²) in [5.74, 6) is -2.12. The maximum Gasteiger partial charge on any atom is 0.323 e. The number of anilines is 1. The number of hydrogen-bond acceptors (Lipinski definition) is 6. The number of carbonyl (C=O) groups excluding carboxylic acids is 2. The number of rotatable bonds is 9. The molecule has 0 aliphatic heterocycles. The highest BCUT2D eigenvalue weighted by molar-refractivity contribution is 6.34. The van der Waals surface area contributed by atoms with Gasteiger partial charge >= 0.3 is 11.9 Å². The van der Waals surface area contributed by atoms with Gasteiger partial charge < -0.3 is 20.3 Å². The molecule has 1 aliphatic rings. The van der Waals surface area contributed by atoms with E-state index in [1.54, 1.807) is 43.3 Å². The zero-order valence-corrected chi connectivity index (χ0v) is 22.6. The Labute approximate surface area is 222 Å². The number of aliphatic carboxylic acids is 1. The summed E-state index contributed by atoms with van der Waals surface area (Å²) in [6, 6.07) is 11.4. The predicted octanol–water partition coefficient (Wildman–Crippen LogP) is 4.42. The molecule has 4 atom stereocenters. The van der Waals surface area contributed by atoms with E-state index in [1.807, 2.05) is 26.8 Å². The number of carbonyl (C=O) groups is 3. The van der Waals surface area contributed by atoms with E-state index < -0.39 is 35.0 Å². The van der Waals surface area contributed by atoms with E-state index in [0.29, 0.717) is 29.1 Å². The predicted molar refractivity (Wildman–Crippen MR) is 141 cm³/mol. The van der Waals surface area contributed by atoms with Crippen LogP contribution in [-0.2, 0) is 20.7 Å². The van der Waals surface area contributed by atoms with Crippen molar-refractivity contribution < 1.29 is 29.3 Å². The largest absolute Gasteiger partial charge is 0.481 e. The zero-order chi connectivity index (χ0) is 27.5. The maximum absolute atomic E-state index is 12.7. The highest BCUT2D eigenvalue weighted by atomic mass is 35.5. The van der Waals surface area contributed by atoms with Gasteiger partial charge in [0.15, 0.2) is 0 Å². The molecule has 2 aromatic rings. The Morgan fingerprint density at radius 1 is 1.14 bits per heavy atom. The van der Waals surface area contributed by atoms with Crippen LogP contribution in [0, 0.1) is 23.7 Å². The summed E-state index contributed by atoms with van der Waals surface area (Å²) in [6.07, 6.45) is 0.0719. The fraction of sp³-hybridized carbons (Fsp3) is 0.464. The van der Waals surface area contributed by atoms with E-state index >= 15 is 0 Å². The zero-order valence-electron chi connectivity index (χ0n) is 21.8. The van der Waals surface area contributed by atoms with Crippen molar-refractivity contribution in [3.63, 3.8) is 0 Å². The van der Waals surface area contributed by atoms with E-state index in [4.69, 9.17) is 16.3 Å². The number of carboxylic acids is 1. The van der Waals surface area contributed by atoms with Crippen molar-refractivity contribution in [2.75, 3.05) is 12.4 Å². The fourth-order valence-electron chi connectivity index (χ4n) is 5.22. The minimum Gasteiger partial charge on any atom is -0.481 e. The summed E-state index contributed by atoms with van der Waals surface area (Å²) in [5, 5.41) is 27.0. The minimum absolute atomic E-state index is 0.227. The van der Waals surface area contributed by atoms with Crippen molar-refractivity contribution in [2.24, 2.45) is 16.7 Å². The van der Waals surface area contributed by atoms with Crippen molar-refractivity contribution in [1.29, 1.82) is 0 Å². The molecule has 37 heavy (non-hydrogen) atoms. The van der Waals surface area contributed by atoms with Crippen LogP contribution >= 0.6 is 11.6 Å². The molecule has 4 N–H and O–H groups in total. The van der Waals surface area contributed by atoms with Gasteiger partial charge in [0.25, 0.3) is 5.91 Å². The molecule has 200 valence electrons. The first kappa shape index (κ1) is 28.6. The van der Waals surface area contributed by atoms with Crippen LogP contribution in [-0.4, -0.2) is 47.4 Å². The van der Waals surface area contributed by atoms with Gasteiger partial charge in [0, 0.05) is 11.6 Å². The van der Waals surface area contributed by atoms with E-state index in [1.165, 1.54) is 7.11 Å². The molecular weight excluding hydrogens is 496 g/mol. The third kappa shape index (κ3) is 5.81. The number of halogens is 1. The Morgan fingerprint density at radius 2 is 1.78 bits per heavy atom. The van der Waals surface area contributed by atoms with E-state index in [0.717, 1.165) is 11.1 Å². The number of methoxy groups -OCH3 is 1.